The molecule has 0 bridgehead atoms. The van der Waals surface area contributed by atoms with Gasteiger partial charge in [-0.3, -0.25) is 4.57 Å². The van der Waals surface area contributed by atoms with Gasteiger partial charge in [-0.2, -0.15) is 17.9 Å². The summed E-state index contributed by atoms with van der Waals surface area (Å²) in [6.45, 7) is -2.52. The number of halogens is 7. The molecular weight excluding hydrogens is 590 g/mol. The fourth-order valence-corrected chi connectivity index (χ4v) is 3.72. The Morgan fingerprint density at radius 3 is 2.37 bits per heavy atom. The number of hydrogen-bond acceptors (Lipinski definition) is 9. The fourth-order valence-electron chi connectivity index (χ4n) is 3.59. The van der Waals surface area contributed by atoms with Crippen molar-refractivity contribution in [2.75, 3.05) is 6.61 Å². The molecule has 2 atom stereocenters. The highest BCUT2D eigenvalue weighted by atomic mass is 35.5. The molecule has 1 aromatic carbocycles. The monoisotopic (exact) mass is 608 g/mol. The van der Waals surface area contributed by atoms with Crippen LogP contribution in [0.15, 0.2) is 47.4 Å². The van der Waals surface area contributed by atoms with E-state index in [1.807, 2.05) is 0 Å². The number of aromatic nitrogens is 7. The van der Waals surface area contributed by atoms with E-state index in [2.05, 4.69) is 24.9 Å². The van der Waals surface area contributed by atoms with Crippen LogP contribution in [0.5, 0.6) is 5.75 Å². The molecule has 12 nitrogen and oxygen atoms in total. The lowest BCUT2D eigenvalue weighted by Gasteiger charge is -2.15. The van der Waals surface area contributed by atoms with E-state index in [1.54, 1.807) is 0 Å². The van der Waals surface area contributed by atoms with E-state index in [0.29, 0.717) is 14.3 Å². The minimum atomic E-state index is -5.10. The maximum atomic E-state index is 13.1. The van der Waals surface area contributed by atoms with Crippen LogP contribution in [0.1, 0.15) is 17.7 Å². The number of aliphatic hydroxyl groups excluding tert-OH is 2. The van der Waals surface area contributed by atoms with Crippen molar-refractivity contribution in [2.45, 2.75) is 37.8 Å². The van der Waals surface area contributed by atoms with Crippen molar-refractivity contribution in [1.82, 2.24) is 34.1 Å². The molecule has 0 amide bonds. The Hall–Kier alpha value is -4.00. The van der Waals surface area contributed by atoms with Crippen LogP contribution in [0.3, 0.4) is 0 Å². The maximum absolute atomic E-state index is 13.1. The number of benzene rings is 1. The van der Waals surface area contributed by atoms with E-state index in [-0.39, 0.29) is 23.0 Å². The zero-order valence-corrected chi connectivity index (χ0v) is 21.1. The Morgan fingerprint density at radius 2 is 1.76 bits per heavy atom. The van der Waals surface area contributed by atoms with Crippen LogP contribution >= 0.6 is 11.6 Å². The van der Waals surface area contributed by atoms with Crippen LogP contribution in [0.25, 0.3) is 17.2 Å². The largest absolute Gasteiger partial charge is 0.573 e. The van der Waals surface area contributed by atoms with Gasteiger partial charge in [0.05, 0.1) is 19.2 Å². The summed E-state index contributed by atoms with van der Waals surface area (Å²) in [5.74, 6) is -2.09. The third-order valence-electron chi connectivity index (χ3n) is 5.43. The second kappa shape index (κ2) is 11.5. The second-order valence-corrected chi connectivity index (χ2v) is 8.84. The number of nitrogens with zero attached hydrogens (tertiary/aromatic N) is 7. The van der Waals surface area contributed by atoms with Crippen molar-refractivity contribution < 1.29 is 41.3 Å². The zero-order chi connectivity index (χ0) is 30.1. The molecular formula is C22H19ClF6N8O4. The molecule has 0 aliphatic rings. The Balaban J connectivity index is 1.79. The van der Waals surface area contributed by atoms with Crippen LogP contribution in [-0.2, 0) is 13.1 Å². The molecule has 0 spiro atoms. The van der Waals surface area contributed by atoms with E-state index in [1.165, 1.54) is 24.3 Å². The second-order valence-electron chi connectivity index (χ2n) is 8.40. The van der Waals surface area contributed by atoms with Gasteiger partial charge in [-0.05, 0) is 36.4 Å². The number of pyridine rings is 1. The van der Waals surface area contributed by atoms with Gasteiger partial charge in [0.1, 0.15) is 6.54 Å². The first-order valence-electron chi connectivity index (χ1n) is 11.4. The number of alkyl halides is 6. The third kappa shape index (κ3) is 6.84. The quantitative estimate of drug-likeness (QED) is 0.242. The molecule has 0 aliphatic carbocycles. The van der Waals surface area contributed by atoms with Crippen LogP contribution in [0.2, 0.25) is 5.02 Å². The summed E-state index contributed by atoms with van der Waals surface area (Å²) in [5, 5.41) is 27.6. The van der Waals surface area contributed by atoms with Crippen LogP contribution in [0.4, 0.5) is 26.3 Å². The smallest absolute Gasteiger partial charge is 0.402 e. The lowest BCUT2D eigenvalue weighted by molar-refractivity contribution is -0.274. The number of rotatable bonds is 9. The Labute approximate surface area is 230 Å². The van der Waals surface area contributed by atoms with Gasteiger partial charge in [0.2, 0.25) is 0 Å². The topological polar surface area (TPSA) is 159 Å². The summed E-state index contributed by atoms with van der Waals surface area (Å²) in [6.07, 6.45) is -11.9. The molecule has 4 rings (SSSR count). The number of hydrogen-bond donors (Lipinski definition) is 3. The van der Waals surface area contributed by atoms with Crippen molar-refractivity contribution >= 4 is 11.6 Å². The molecule has 0 aliphatic heterocycles. The van der Waals surface area contributed by atoms with Gasteiger partial charge >= 0.3 is 18.2 Å². The average molecular weight is 609 g/mol. The first-order valence-corrected chi connectivity index (χ1v) is 11.8. The first-order chi connectivity index (χ1) is 19.2. The third-order valence-corrected chi connectivity index (χ3v) is 5.68. The number of ether oxygens (including phenoxy) is 1. The van der Waals surface area contributed by atoms with Crippen molar-refractivity contribution in [3.05, 3.63) is 69.8 Å². The van der Waals surface area contributed by atoms with E-state index in [4.69, 9.17) is 17.3 Å². The highest BCUT2D eigenvalue weighted by Gasteiger charge is 2.39. The van der Waals surface area contributed by atoms with Gasteiger partial charge in [0, 0.05) is 16.8 Å². The van der Waals surface area contributed by atoms with Crippen molar-refractivity contribution in [3.8, 4) is 23.0 Å². The van der Waals surface area contributed by atoms with Gasteiger partial charge in [-0.25, -0.2) is 19.4 Å². The molecule has 220 valence electrons. The molecule has 0 radical (unpaired) electrons. The molecule has 0 fully saturated rings. The number of aliphatic hydroxyl groups is 2. The normalized spacial score (nSPS) is 13.8. The predicted octanol–water partition coefficient (Wildman–Crippen LogP) is 2.20. The first kappa shape index (κ1) is 30.0. The lowest BCUT2D eigenvalue weighted by atomic mass is 10.2. The molecule has 41 heavy (non-hydrogen) atoms. The van der Waals surface area contributed by atoms with Gasteiger partial charge < -0.3 is 20.7 Å². The molecule has 3 aromatic heterocycles. The summed E-state index contributed by atoms with van der Waals surface area (Å²) < 4.78 is 84.3. The molecule has 3 heterocycles. The molecule has 1 unspecified atom stereocenters. The average Bonchev–Trinajstić information content (AvgIpc) is 3.44. The Bertz CT molecular complexity index is 1570. The van der Waals surface area contributed by atoms with Crippen LogP contribution < -0.4 is 16.2 Å². The van der Waals surface area contributed by atoms with Gasteiger partial charge in [-0.15, -0.1) is 23.4 Å². The highest BCUT2D eigenvalue weighted by Crippen LogP contribution is 2.29. The zero-order valence-electron chi connectivity index (χ0n) is 20.4. The standard InChI is InChI=1S/C22H19ClF6N8O4/c23-12-5-3-11(4-6-12)17-34-36(20(40)35(17)8-15(39)21(24,25)26)9-16-32-18(13(30)10-38)37(33-16)19-14(2-1-7-31-19)41-22(27,28)29/h1-7,13,15,38-39H,8-10,30H2/t13?,15-/m0/s1. The van der Waals surface area contributed by atoms with Crippen molar-refractivity contribution in [3.63, 3.8) is 0 Å². The lowest BCUT2D eigenvalue weighted by Crippen LogP contribution is -2.37. The van der Waals surface area contributed by atoms with E-state index in [9.17, 15) is 41.4 Å². The van der Waals surface area contributed by atoms with Gasteiger partial charge in [-0.1, -0.05) is 11.6 Å². The summed E-state index contributed by atoms with van der Waals surface area (Å²) in [4.78, 5) is 21.1. The van der Waals surface area contributed by atoms with Crippen LogP contribution in [-0.4, -0.2) is 69.6 Å². The van der Waals surface area contributed by atoms with Crippen molar-refractivity contribution in [1.29, 1.82) is 0 Å². The number of nitrogens with two attached hydrogens (primary N) is 1. The van der Waals surface area contributed by atoms with E-state index < -0.39 is 61.6 Å². The van der Waals surface area contributed by atoms with Gasteiger partial charge in [0.15, 0.2) is 35.1 Å². The summed E-state index contributed by atoms with van der Waals surface area (Å²) >= 11 is 5.87. The summed E-state index contributed by atoms with van der Waals surface area (Å²) in [7, 11) is 0. The minimum Gasteiger partial charge on any atom is -0.402 e. The fraction of sp³-hybridized carbons (Fsp3) is 0.318. The van der Waals surface area contributed by atoms with E-state index in [0.717, 1.165) is 23.0 Å². The van der Waals surface area contributed by atoms with Crippen molar-refractivity contribution in [2.24, 2.45) is 5.73 Å². The molecule has 0 saturated heterocycles. The maximum Gasteiger partial charge on any atom is 0.573 e. The molecule has 0 saturated carbocycles. The molecule has 19 heteroatoms. The summed E-state index contributed by atoms with van der Waals surface area (Å²) in [5.41, 5.74) is 4.95. The highest BCUT2D eigenvalue weighted by molar-refractivity contribution is 6.30. The Kier molecular flexibility index (Phi) is 8.39. The van der Waals surface area contributed by atoms with Crippen LogP contribution in [0, 0.1) is 0 Å². The SMILES string of the molecule is NC(CO)c1nc(Cn2nc(-c3ccc(Cl)cc3)n(C[C@H](O)C(F)(F)F)c2=O)nn1-c1ncccc1OC(F)(F)F. The molecule has 4 aromatic rings. The summed E-state index contributed by atoms with van der Waals surface area (Å²) in [6, 6.07) is 6.42. The minimum absolute atomic E-state index is 0.184. The Morgan fingerprint density at radius 1 is 1.07 bits per heavy atom. The predicted molar refractivity (Wildman–Crippen MR) is 128 cm³/mol. The molecule has 4 N–H and O–H groups in total. The van der Waals surface area contributed by atoms with E-state index >= 15 is 0 Å². The van der Waals surface area contributed by atoms with Gasteiger partial charge in [0.25, 0.3) is 0 Å².